The van der Waals surface area contributed by atoms with Crippen LogP contribution in [0.25, 0.3) is 0 Å². The number of hydrogen-bond acceptors (Lipinski definition) is 4. The zero-order valence-corrected chi connectivity index (χ0v) is 10.2. The Morgan fingerprint density at radius 3 is 2.83 bits per heavy atom. The van der Waals surface area contributed by atoms with Gasteiger partial charge in [-0.25, -0.2) is 4.39 Å². The van der Waals surface area contributed by atoms with Crippen LogP contribution in [-0.4, -0.2) is 11.5 Å². The van der Waals surface area contributed by atoms with Crippen LogP contribution in [-0.2, 0) is 6.42 Å². The van der Waals surface area contributed by atoms with Gasteiger partial charge >= 0.3 is 0 Å². The van der Waals surface area contributed by atoms with Gasteiger partial charge in [0.15, 0.2) is 5.82 Å². The van der Waals surface area contributed by atoms with E-state index in [-0.39, 0.29) is 11.4 Å². The Balaban J connectivity index is 1.95. The molecule has 0 unspecified atom stereocenters. The number of anilines is 1. The molecule has 6 heteroatoms. The van der Waals surface area contributed by atoms with Crippen LogP contribution in [0, 0.1) is 15.9 Å². The maximum absolute atomic E-state index is 13.5. The van der Waals surface area contributed by atoms with Crippen LogP contribution in [0.15, 0.2) is 35.7 Å². The van der Waals surface area contributed by atoms with Gasteiger partial charge in [0, 0.05) is 17.5 Å². The summed E-state index contributed by atoms with van der Waals surface area (Å²) in [7, 11) is 0. The summed E-state index contributed by atoms with van der Waals surface area (Å²) in [5.41, 5.74) is 0.0495. The van der Waals surface area contributed by atoms with Crippen LogP contribution in [0.5, 0.6) is 0 Å². The fraction of sp³-hybridized carbons (Fsp3) is 0.167. The van der Waals surface area contributed by atoms with Crippen LogP contribution in [0.4, 0.5) is 15.8 Å². The fourth-order valence-corrected chi connectivity index (χ4v) is 2.25. The molecule has 0 aliphatic carbocycles. The van der Waals surface area contributed by atoms with Crippen molar-refractivity contribution in [3.8, 4) is 0 Å². The molecule has 0 amide bonds. The van der Waals surface area contributed by atoms with Gasteiger partial charge in [-0.05, 0) is 23.9 Å². The maximum Gasteiger partial charge on any atom is 0.272 e. The molecule has 2 rings (SSSR count). The molecule has 2 aromatic rings. The Bertz CT molecular complexity index is 543. The van der Waals surface area contributed by atoms with Gasteiger partial charge in [0.1, 0.15) is 0 Å². The molecule has 0 saturated heterocycles. The summed E-state index contributed by atoms with van der Waals surface area (Å²) in [6, 6.07) is 7.58. The Labute approximate surface area is 107 Å². The SMILES string of the molecule is O=[N+]([O-])c1ccc(NCCc2cccs2)c(F)c1. The minimum absolute atomic E-state index is 0.240. The van der Waals surface area contributed by atoms with Crippen molar-refractivity contribution >= 4 is 22.7 Å². The van der Waals surface area contributed by atoms with Gasteiger partial charge in [0.05, 0.1) is 16.7 Å². The van der Waals surface area contributed by atoms with Gasteiger partial charge in [-0.15, -0.1) is 11.3 Å². The summed E-state index contributed by atoms with van der Waals surface area (Å²) < 4.78 is 13.5. The van der Waals surface area contributed by atoms with E-state index < -0.39 is 10.7 Å². The lowest BCUT2D eigenvalue weighted by Gasteiger charge is -2.06. The van der Waals surface area contributed by atoms with Crippen LogP contribution in [0.2, 0.25) is 0 Å². The van der Waals surface area contributed by atoms with Crippen molar-refractivity contribution in [3.05, 3.63) is 56.5 Å². The molecule has 1 N–H and O–H groups in total. The number of rotatable bonds is 5. The number of nitro benzene ring substituents is 1. The maximum atomic E-state index is 13.5. The summed E-state index contributed by atoms with van der Waals surface area (Å²) in [4.78, 5) is 11.1. The molecule has 0 atom stereocenters. The first kappa shape index (κ1) is 12.5. The minimum Gasteiger partial charge on any atom is -0.382 e. The summed E-state index contributed by atoms with van der Waals surface area (Å²) in [5, 5.41) is 15.4. The van der Waals surface area contributed by atoms with Crippen LogP contribution in [0.1, 0.15) is 4.88 Å². The molecule has 0 radical (unpaired) electrons. The lowest BCUT2D eigenvalue weighted by molar-refractivity contribution is -0.385. The highest BCUT2D eigenvalue weighted by molar-refractivity contribution is 7.09. The van der Waals surface area contributed by atoms with Crippen LogP contribution < -0.4 is 5.32 Å². The number of hydrogen-bond donors (Lipinski definition) is 1. The van der Waals surface area contributed by atoms with E-state index in [4.69, 9.17) is 0 Å². The van der Waals surface area contributed by atoms with E-state index in [2.05, 4.69) is 5.32 Å². The van der Waals surface area contributed by atoms with E-state index in [1.165, 1.54) is 17.0 Å². The van der Waals surface area contributed by atoms with Crippen LogP contribution in [0.3, 0.4) is 0 Å². The number of nitrogens with one attached hydrogen (secondary N) is 1. The fourth-order valence-electron chi connectivity index (χ4n) is 1.54. The Morgan fingerprint density at radius 2 is 2.22 bits per heavy atom. The van der Waals surface area contributed by atoms with Gasteiger partial charge < -0.3 is 5.32 Å². The van der Waals surface area contributed by atoms with Gasteiger partial charge in [-0.1, -0.05) is 6.07 Å². The second kappa shape index (κ2) is 5.59. The van der Waals surface area contributed by atoms with Crippen LogP contribution >= 0.6 is 11.3 Å². The number of nitro groups is 1. The molecule has 1 aromatic heterocycles. The molecule has 18 heavy (non-hydrogen) atoms. The molecule has 0 aliphatic heterocycles. The molecule has 0 saturated carbocycles. The Kier molecular flexibility index (Phi) is 3.88. The Morgan fingerprint density at radius 1 is 1.39 bits per heavy atom. The first-order valence-corrected chi connectivity index (χ1v) is 6.25. The average molecular weight is 266 g/mol. The number of nitrogens with zero attached hydrogens (tertiary/aromatic N) is 1. The smallest absolute Gasteiger partial charge is 0.272 e. The third kappa shape index (κ3) is 3.04. The zero-order chi connectivity index (χ0) is 13.0. The molecular weight excluding hydrogens is 255 g/mol. The topological polar surface area (TPSA) is 55.2 Å². The quantitative estimate of drug-likeness (QED) is 0.666. The van der Waals surface area contributed by atoms with Gasteiger partial charge in [0.2, 0.25) is 0 Å². The third-order valence-corrected chi connectivity index (χ3v) is 3.37. The first-order valence-electron chi connectivity index (χ1n) is 5.37. The molecule has 1 heterocycles. The second-order valence-corrected chi connectivity index (χ2v) is 4.71. The zero-order valence-electron chi connectivity index (χ0n) is 9.43. The number of benzene rings is 1. The van der Waals surface area contributed by atoms with Gasteiger partial charge in [-0.2, -0.15) is 0 Å². The van der Waals surface area contributed by atoms with Crippen molar-refractivity contribution in [1.82, 2.24) is 0 Å². The van der Waals surface area contributed by atoms with E-state index in [0.717, 1.165) is 12.5 Å². The van der Waals surface area contributed by atoms with Crippen molar-refractivity contribution in [2.45, 2.75) is 6.42 Å². The van der Waals surface area contributed by atoms with Crippen molar-refractivity contribution in [1.29, 1.82) is 0 Å². The van der Waals surface area contributed by atoms with E-state index in [1.807, 2.05) is 17.5 Å². The molecule has 0 fully saturated rings. The molecule has 0 bridgehead atoms. The normalized spacial score (nSPS) is 10.3. The molecular formula is C12H11FN2O2S. The predicted molar refractivity (Wildman–Crippen MR) is 69.6 cm³/mol. The summed E-state index contributed by atoms with van der Waals surface area (Å²) in [6.45, 7) is 0.593. The largest absolute Gasteiger partial charge is 0.382 e. The molecule has 1 aromatic carbocycles. The van der Waals surface area contributed by atoms with E-state index in [9.17, 15) is 14.5 Å². The highest BCUT2D eigenvalue weighted by Gasteiger charge is 2.10. The number of thiophene rings is 1. The summed E-state index contributed by atoms with van der Waals surface area (Å²) >= 11 is 1.65. The number of non-ortho nitro benzene ring substituents is 1. The highest BCUT2D eigenvalue weighted by Crippen LogP contribution is 2.20. The van der Waals surface area contributed by atoms with Crippen molar-refractivity contribution in [2.75, 3.05) is 11.9 Å². The predicted octanol–water partition coefficient (Wildman–Crippen LogP) is 3.45. The third-order valence-electron chi connectivity index (χ3n) is 2.43. The molecule has 0 aliphatic rings. The van der Waals surface area contributed by atoms with Crippen molar-refractivity contribution in [2.24, 2.45) is 0 Å². The van der Waals surface area contributed by atoms with Crippen molar-refractivity contribution < 1.29 is 9.31 Å². The Hall–Kier alpha value is -1.95. The average Bonchev–Trinajstić information content (AvgIpc) is 2.84. The van der Waals surface area contributed by atoms with Crippen molar-refractivity contribution in [3.63, 3.8) is 0 Å². The lowest BCUT2D eigenvalue weighted by atomic mass is 10.2. The van der Waals surface area contributed by atoms with E-state index in [0.29, 0.717) is 6.54 Å². The highest BCUT2D eigenvalue weighted by atomic mass is 32.1. The standard InChI is InChI=1S/C12H11FN2O2S/c13-11-8-9(15(16)17)3-4-12(11)14-6-5-10-2-1-7-18-10/h1-4,7-8,14H,5-6H2. The lowest BCUT2D eigenvalue weighted by Crippen LogP contribution is -2.05. The molecule has 94 valence electrons. The number of halogens is 1. The molecule has 4 nitrogen and oxygen atoms in total. The minimum atomic E-state index is -0.613. The van der Waals surface area contributed by atoms with Gasteiger partial charge in [0.25, 0.3) is 5.69 Å². The first-order chi connectivity index (χ1) is 8.66. The molecule has 0 spiro atoms. The van der Waals surface area contributed by atoms with E-state index in [1.54, 1.807) is 11.3 Å². The second-order valence-electron chi connectivity index (χ2n) is 3.68. The van der Waals surface area contributed by atoms with E-state index >= 15 is 0 Å². The summed E-state index contributed by atoms with van der Waals surface area (Å²) in [6.07, 6.45) is 0.800. The van der Waals surface area contributed by atoms with Gasteiger partial charge in [-0.3, -0.25) is 10.1 Å². The summed E-state index contributed by atoms with van der Waals surface area (Å²) in [5.74, 6) is -0.602. The monoisotopic (exact) mass is 266 g/mol.